The lowest BCUT2D eigenvalue weighted by molar-refractivity contribution is -0.140. The monoisotopic (exact) mass is 192 g/mol. The van der Waals surface area contributed by atoms with E-state index in [1.807, 2.05) is 6.92 Å². The van der Waals surface area contributed by atoms with Crippen LogP contribution < -0.4 is 0 Å². The Morgan fingerprint density at radius 3 is 2.15 bits per heavy atom. The zero-order valence-corrected chi connectivity index (χ0v) is 8.87. The van der Waals surface area contributed by atoms with E-state index in [1.54, 1.807) is 14.0 Å². The van der Waals surface area contributed by atoms with Gasteiger partial charge in [-0.15, -0.1) is 0 Å². The predicted molar refractivity (Wildman–Crippen MR) is 50.5 cm³/mol. The van der Waals surface area contributed by atoms with E-state index in [0.717, 1.165) is 6.42 Å². The van der Waals surface area contributed by atoms with E-state index in [4.69, 9.17) is 5.11 Å². The maximum absolute atomic E-state index is 9.98. The van der Waals surface area contributed by atoms with Crippen LogP contribution in [0.2, 0.25) is 0 Å². The zero-order valence-electron chi connectivity index (χ0n) is 8.87. The molecule has 0 saturated heterocycles. The van der Waals surface area contributed by atoms with Gasteiger partial charge in [-0.1, -0.05) is 6.92 Å². The second-order valence-corrected chi connectivity index (χ2v) is 2.57. The molecule has 0 rings (SSSR count). The second-order valence-electron chi connectivity index (χ2n) is 2.57. The van der Waals surface area contributed by atoms with E-state index < -0.39 is 0 Å². The maximum Gasteiger partial charge on any atom is 0.302 e. The van der Waals surface area contributed by atoms with Crippen molar-refractivity contribution in [1.29, 1.82) is 0 Å². The molecule has 4 heteroatoms. The molecule has 1 N–H and O–H groups in total. The van der Waals surface area contributed by atoms with Crippen LogP contribution in [0.15, 0.2) is 0 Å². The highest BCUT2D eigenvalue weighted by Crippen LogP contribution is 1.80. The number of ether oxygens (including phenoxy) is 2. The Balaban J connectivity index is 0. The highest BCUT2D eigenvalue weighted by atomic mass is 16.5. The van der Waals surface area contributed by atoms with E-state index in [9.17, 15) is 4.79 Å². The summed E-state index contributed by atoms with van der Waals surface area (Å²) in [5.41, 5.74) is 0. The van der Waals surface area contributed by atoms with Crippen molar-refractivity contribution < 1.29 is 19.4 Å². The Morgan fingerprint density at radius 1 is 1.54 bits per heavy atom. The average Bonchev–Trinajstić information content (AvgIpc) is 2.14. The number of carbonyl (C=O) groups is 1. The SMILES string of the molecule is CCCOC(C)=O.COC(C)CO. The van der Waals surface area contributed by atoms with Gasteiger partial charge in [0.05, 0.1) is 19.3 Å². The van der Waals surface area contributed by atoms with Crippen molar-refractivity contribution in [3.05, 3.63) is 0 Å². The molecule has 80 valence electrons. The molecule has 0 radical (unpaired) electrons. The van der Waals surface area contributed by atoms with Gasteiger partial charge in [-0.25, -0.2) is 0 Å². The standard InChI is InChI=1S/C5H10O2.C4H10O2/c1-3-4-7-5(2)6;1-4(3-5)6-2/h3-4H2,1-2H3;4-5H,3H2,1-2H3. The van der Waals surface area contributed by atoms with Crippen LogP contribution in [0.4, 0.5) is 0 Å². The fourth-order valence-electron chi connectivity index (χ4n) is 0.320. The Morgan fingerprint density at radius 2 is 2.08 bits per heavy atom. The lowest BCUT2D eigenvalue weighted by Gasteiger charge is -2.00. The number of hydrogen-bond donors (Lipinski definition) is 1. The molecule has 0 aromatic heterocycles. The molecule has 0 spiro atoms. The van der Waals surface area contributed by atoms with Crippen molar-refractivity contribution in [2.75, 3.05) is 20.3 Å². The van der Waals surface area contributed by atoms with Crippen LogP contribution in [0, 0.1) is 0 Å². The van der Waals surface area contributed by atoms with E-state index in [2.05, 4.69) is 9.47 Å². The van der Waals surface area contributed by atoms with Crippen molar-refractivity contribution in [1.82, 2.24) is 0 Å². The molecule has 0 bridgehead atoms. The number of methoxy groups -OCH3 is 1. The van der Waals surface area contributed by atoms with Gasteiger partial charge in [0, 0.05) is 14.0 Å². The summed E-state index contributed by atoms with van der Waals surface area (Å²) in [7, 11) is 1.57. The molecule has 0 saturated carbocycles. The topological polar surface area (TPSA) is 55.8 Å². The fourth-order valence-corrected chi connectivity index (χ4v) is 0.320. The molecule has 1 unspecified atom stereocenters. The van der Waals surface area contributed by atoms with Crippen LogP contribution in [0.3, 0.4) is 0 Å². The van der Waals surface area contributed by atoms with Crippen LogP contribution in [0.1, 0.15) is 27.2 Å². The third-order valence-corrected chi connectivity index (χ3v) is 1.17. The molecule has 0 aliphatic carbocycles. The zero-order chi connectivity index (χ0) is 10.7. The van der Waals surface area contributed by atoms with Gasteiger partial charge in [-0.3, -0.25) is 4.79 Å². The molecule has 1 atom stereocenters. The lowest BCUT2D eigenvalue weighted by Crippen LogP contribution is -2.08. The number of aliphatic hydroxyl groups is 1. The van der Waals surface area contributed by atoms with Gasteiger partial charge in [0.2, 0.25) is 0 Å². The quantitative estimate of drug-likeness (QED) is 0.674. The van der Waals surface area contributed by atoms with Gasteiger partial charge < -0.3 is 14.6 Å². The molecular formula is C9H20O4. The van der Waals surface area contributed by atoms with Gasteiger partial charge in [-0.05, 0) is 13.3 Å². The molecule has 0 heterocycles. The van der Waals surface area contributed by atoms with E-state index in [-0.39, 0.29) is 18.7 Å². The van der Waals surface area contributed by atoms with E-state index in [0.29, 0.717) is 6.61 Å². The summed E-state index contributed by atoms with van der Waals surface area (Å²) in [4.78, 5) is 9.98. The molecule has 0 fully saturated rings. The minimum atomic E-state index is -0.193. The van der Waals surface area contributed by atoms with Crippen LogP contribution in [0.5, 0.6) is 0 Å². The third-order valence-electron chi connectivity index (χ3n) is 1.17. The smallest absolute Gasteiger partial charge is 0.302 e. The molecule has 13 heavy (non-hydrogen) atoms. The fraction of sp³-hybridized carbons (Fsp3) is 0.889. The van der Waals surface area contributed by atoms with Crippen molar-refractivity contribution in [3.63, 3.8) is 0 Å². The van der Waals surface area contributed by atoms with Gasteiger partial charge in [0.25, 0.3) is 0 Å². The number of carbonyl (C=O) groups excluding carboxylic acids is 1. The Hall–Kier alpha value is -0.610. The number of esters is 1. The average molecular weight is 192 g/mol. The highest BCUT2D eigenvalue weighted by molar-refractivity contribution is 5.65. The molecular weight excluding hydrogens is 172 g/mol. The molecule has 0 amide bonds. The number of aliphatic hydroxyl groups excluding tert-OH is 1. The molecule has 0 aliphatic heterocycles. The number of rotatable bonds is 4. The highest BCUT2D eigenvalue weighted by Gasteiger charge is 1.90. The summed E-state index contributed by atoms with van der Waals surface area (Å²) in [6, 6.07) is 0. The molecule has 4 nitrogen and oxygen atoms in total. The van der Waals surface area contributed by atoms with Crippen molar-refractivity contribution in [2.45, 2.75) is 33.3 Å². The summed E-state index contributed by atoms with van der Waals surface area (Å²) in [6.45, 7) is 5.84. The van der Waals surface area contributed by atoms with Crippen molar-refractivity contribution in [2.24, 2.45) is 0 Å². The third kappa shape index (κ3) is 18.4. The van der Waals surface area contributed by atoms with Gasteiger partial charge in [0.1, 0.15) is 0 Å². The first-order chi connectivity index (χ1) is 6.08. The van der Waals surface area contributed by atoms with Crippen LogP contribution in [-0.2, 0) is 14.3 Å². The van der Waals surface area contributed by atoms with E-state index in [1.165, 1.54) is 6.92 Å². The minimum Gasteiger partial charge on any atom is -0.466 e. The maximum atomic E-state index is 9.98. The van der Waals surface area contributed by atoms with Gasteiger partial charge in [-0.2, -0.15) is 0 Å². The first kappa shape index (κ1) is 14.9. The summed E-state index contributed by atoms with van der Waals surface area (Å²) < 4.78 is 9.20. The Bertz CT molecular complexity index is 110. The largest absolute Gasteiger partial charge is 0.466 e. The predicted octanol–water partition coefficient (Wildman–Crippen LogP) is 0.973. The van der Waals surface area contributed by atoms with Crippen LogP contribution >= 0.6 is 0 Å². The number of hydrogen-bond acceptors (Lipinski definition) is 4. The minimum absolute atomic E-state index is 0.00926. The van der Waals surface area contributed by atoms with E-state index >= 15 is 0 Å². The van der Waals surface area contributed by atoms with Gasteiger partial charge >= 0.3 is 5.97 Å². The second kappa shape index (κ2) is 11.4. The summed E-state index contributed by atoms with van der Waals surface area (Å²) >= 11 is 0. The van der Waals surface area contributed by atoms with Crippen molar-refractivity contribution in [3.8, 4) is 0 Å². The molecule has 0 aromatic rings. The van der Waals surface area contributed by atoms with Crippen LogP contribution in [0.25, 0.3) is 0 Å². The summed E-state index contributed by atoms with van der Waals surface area (Å²) in [5, 5.41) is 8.21. The van der Waals surface area contributed by atoms with Gasteiger partial charge in [0.15, 0.2) is 0 Å². The Kier molecular flexibility index (Phi) is 13.0. The molecule has 0 aromatic carbocycles. The summed E-state index contributed by atoms with van der Waals surface area (Å²) in [5.74, 6) is -0.193. The normalized spacial score (nSPS) is 11.2. The van der Waals surface area contributed by atoms with Crippen LogP contribution in [-0.4, -0.2) is 37.5 Å². The lowest BCUT2D eigenvalue weighted by atomic mass is 10.4. The first-order valence-electron chi connectivity index (χ1n) is 4.35. The van der Waals surface area contributed by atoms with Crippen molar-refractivity contribution >= 4 is 5.97 Å². The Labute approximate surface area is 79.8 Å². The summed E-state index contributed by atoms with van der Waals surface area (Å²) in [6.07, 6.45) is 0.893. The first-order valence-corrected chi connectivity index (χ1v) is 4.35. The molecule has 0 aliphatic rings.